The Labute approximate surface area is 148 Å². The van der Waals surface area contributed by atoms with Gasteiger partial charge in [0.1, 0.15) is 11.8 Å². The van der Waals surface area contributed by atoms with Gasteiger partial charge in [0.25, 0.3) is 0 Å². The fourth-order valence-electron chi connectivity index (χ4n) is 2.43. The number of ether oxygens (including phenoxy) is 1. The highest BCUT2D eigenvalue weighted by Gasteiger charge is 2.36. The Morgan fingerprint density at radius 1 is 1.29 bits per heavy atom. The van der Waals surface area contributed by atoms with Gasteiger partial charge in [-0.15, -0.1) is 0 Å². The highest BCUT2D eigenvalue weighted by Crippen LogP contribution is 2.34. The monoisotopic (exact) mass is 405 g/mol. The molecule has 0 saturated heterocycles. The van der Waals surface area contributed by atoms with E-state index in [2.05, 4.69) is 31.9 Å². The Morgan fingerprint density at radius 3 is 2.50 bits per heavy atom. The molecule has 2 atom stereocenters. The van der Waals surface area contributed by atoms with E-state index in [-0.39, 0.29) is 0 Å². The topological polar surface area (TPSA) is 62.4 Å². The predicted octanol–water partition coefficient (Wildman–Crippen LogP) is 4.55. The van der Waals surface area contributed by atoms with Gasteiger partial charge in [0, 0.05) is 10.9 Å². The molecule has 2 rings (SSSR count). The normalized spacial score (nSPS) is 18.2. The molecule has 3 N–H and O–H groups in total. The van der Waals surface area contributed by atoms with Crippen LogP contribution in [-0.2, 0) is 4.74 Å². The van der Waals surface area contributed by atoms with Crippen LogP contribution < -0.4 is 16.0 Å². The summed E-state index contributed by atoms with van der Waals surface area (Å²) < 4.78 is 33.2. The maximum absolute atomic E-state index is 13.6. The first-order valence-corrected chi connectivity index (χ1v) is 8.42. The Balaban J connectivity index is 2.11. The van der Waals surface area contributed by atoms with Gasteiger partial charge in [-0.05, 0) is 45.9 Å². The molecular formula is C16H22BrF2N3O2. The zero-order valence-electron chi connectivity index (χ0n) is 14.0. The summed E-state index contributed by atoms with van der Waals surface area (Å²) in [6, 6.07) is 4.67. The molecule has 1 aromatic carbocycles. The molecule has 24 heavy (non-hydrogen) atoms. The summed E-state index contributed by atoms with van der Waals surface area (Å²) in [5.74, 6) is -2.93. The smallest absolute Gasteiger partial charge is 0.408 e. The molecule has 1 aromatic rings. The molecular weight excluding hydrogens is 384 g/mol. The Morgan fingerprint density at radius 2 is 1.92 bits per heavy atom. The van der Waals surface area contributed by atoms with Gasteiger partial charge in [0.05, 0.1) is 17.4 Å². The highest BCUT2D eigenvalue weighted by molar-refractivity contribution is 9.10. The first-order valence-electron chi connectivity index (χ1n) is 7.63. The van der Waals surface area contributed by atoms with Crippen LogP contribution in [0.1, 0.15) is 34.1 Å². The van der Waals surface area contributed by atoms with Crippen LogP contribution in [0, 0.1) is 0 Å². The number of hydrogen-bond acceptors (Lipinski definition) is 4. The standard InChI is InChI=1S/C16H22BrF2N3O2/c1-15(2,3)24-14(23)22-12(8-16(4,18)19)13-20-10-6-5-9(17)7-11(10)21-13/h5-7,12-13,20-21H,8H2,1-4H3,(H,22,23)/t12-,13?/m0/s1. The minimum Gasteiger partial charge on any atom is -0.444 e. The summed E-state index contributed by atoms with van der Waals surface area (Å²) in [7, 11) is 0. The number of alkyl carbamates (subject to hydrolysis) is 1. The van der Waals surface area contributed by atoms with Gasteiger partial charge in [-0.1, -0.05) is 15.9 Å². The van der Waals surface area contributed by atoms with E-state index in [1.165, 1.54) is 0 Å². The molecule has 0 radical (unpaired) electrons. The number of rotatable bonds is 4. The van der Waals surface area contributed by atoms with E-state index in [9.17, 15) is 13.6 Å². The fourth-order valence-corrected chi connectivity index (χ4v) is 2.79. The number of hydrogen-bond donors (Lipinski definition) is 3. The van der Waals surface area contributed by atoms with Crippen molar-refractivity contribution in [1.29, 1.82) is 0 Å². The van der Waals surface area contributed by atoms with Crippen LogP contribution >= 0.6 is 15.9 Å². The second-order valence-electron chi connectivity index (χ2n) is 6.98. The van der Waals surface area contributed by atoms with Gasteiger partial charge in [-0.25, -0.2) is 13.6 Å². The summed E-state index contributed by atoms with van der Waals surface area (Å²) in [4.78, 5) is 12.0. The Kier molecular flexibility index (Phi) is 5.27. The van der Waals surface area contributed by atoms with E-state index in [0.717, 1.165) is 22.8 Å². The lowest BCUT2D eigenvalue weighted by molar-refractivity contribution is -0.000996. The molecule has 0 bridgehead atoms. The molecule has 5 nitrogen and oxygen atoms in total. The van der Waals surface area contributed by atoms with Crippen molar-refractivity contribution in [2.45, 2.75) is 57.8 Å². The molecule has 0 aromatic heterocycles. The highest BCUT2D eigenvalue weighted by atomic mass is 79.9. The van der Waals surface area contributed by atoms with Gasteiger partial charge in [-0.3, -0.25) is 0 Å². The summed E-state index contributed by atoms with van der Waals surface area (Å²) in [6.45, 7) is 5.98. The molecule has 0 aliphatic carbocycles. The number of alkyl halides is 2. The number of carbonyl (C=O) groups is 1. The lowest BCUT2D eigenvalue weighted by atomic mass is 10.1. The summed E-state index contributed by atoms with van der Waals surface area (Å²) in [5.41, 5.74) is 0.872. The van der Waals surface area contributed by atoms with Gasteiger partial charge < -0.3 is 20.7 Å². The van der Waals surface area contributed by atoms with E-state index in [1.54, 1.807) is 20.8 Å². The van der Waals surface area contributed by atoms with Crippen molar-refractivity contribution >= 4 is 33.4 Å². The van der Waals surface area contributed by atoms with Crippen LogP contribution in [-0.4, -0.2) is 29.8 Å². The maximum Gasteiger partial charge on any atom is 0.408 e. The van der Waals surface area contributed by atoms with E-state index in [0.29, 0.717) is 0 Å². The third kappa shape index (κ3) is 5.51. The molecule has 1 heterocycles. The van der Waals surface area contributed by atoms with Crippen molar-refractivity contribution in [2.24, 2.45) is 0 Å². The lowest BCUT2D eigenvalue weighted by Crippen LogP contribution is -2.51. The van der Waals surface area contributed by atoms with E-state index in [4.69, 9.17) is 4.74 Å². The quantitative estimate of drug-likeness (QED) is 0.687. The number of halogens is 3. The average Bonchev–Trinajstić information content (AvgIpc) is 2.76. The second kappa shape index (κ2) is 6.74. The zero-order valence-corrected chi connectivity index (χ0v) is 15.6. The third-order valence-corrected chi connectivity index (χ3v) is 3.78. The molecule has 0 spiro atoms. The van der Waals surface area contributed by atoms with Crippen LogP contribution in [0.3, 0.4) is 0 Å². The SMILES string of the molecule is CC(F)(F)C[C@H](NC(=O)OC(C)(C)C)C1Nc2ccc(Br)cc2N1. The van der Waals surface area contributed by atoms with Crippen molar-refractivity contribution in [3.63, 3.8) is 0 Å². The van der Waals surface area contributed by atoms with Crippen molar-refractivity contribution in [1.82, 2.24) is 5.32 Å². The van der Waals surface area contributed by atoms with Crippen molar-refractivity contribution in [3.05, 3.63) is 22.7 Å². The maximum atomic E-state index is 13.6. The number of nitrogens with one attached hydrogen (secondary N) is 3. The summed E-state index contributed by atoms with van der Waals surface area (Å²) in [6.07, 6.45) is -1.81. The minimum absolute atomic E-state index is 0.522. The van der Waals surface area contributed by atoms with Gasteiger partial charge in [0.15, 0.2) is 0 Å². The molecule has 0 fully saturated rings. The fraction of sp³-hybridized carbons (Fsp3) is 0.562. The van der Waals surface area contributed by atoms with Crippen molar-refractivity contribution in [2.75, 3.05) is 10.6 Å². The van der Waals surface area contributed by atoms with Gasteiger partial charge in [-0.2, -0.15) is 0 Å². The predicted molar refractivity (Wildman–Crippen MR) is 93.6 cm³/mol. The number of amides is 1. The molecule has 8 heteroatoms. The first-order chi connectivity index (χ1) is 10.9. The minimum atomic E-state index is -2.93. The van der Waals surface area contributed by atoms with E-state index in [1.807, 2.05) is 18.2 Å². The summed E-state index contributed by atoms with van der Waals surface area (Å²) >= 11 is 3.37. The van der Waals surface area contributed by atoms with Crippen molar-refractivity contribution < 1.29 is 18.3 Å². The van der Waals surface area contributed by atoms with Crippen molar-refractivity contribution in [3.8, 4) is 0 Å². The summed E-state index contributed by atoms with van der Waals surface area (Å²) in [5, 5.41) is 8.78. The first kappa shape index (κ1) is 18.8. The van der Waals surface area contributed by atoms with Crippen LogP contribution in [0.25, 0.3) is 0 Å². The number of fused-ring (bicyclic) bond motifs is 1. The lowest BCUT2D eigenvalue weighted by Gasteiger charge is -2.29. The Bertz CT molecular complexity index is 614. The molecule has 0 saturated carbocycles. The molecule has 1 aliphatic heterocycles. The second-order valence-corrected chi connectivity index (χ2v) is 7.90. The largest absolute Gasteiger partial charge is 0.444 e. The van der Waals surface area contributed by atoms with Crippen LogP contribution in [0.2, 0.25) is 0 Å². The van der Waals surface area contributed by atoms with E-state index < -0.39 is 36.2 Å². The zero-order chi connectivity index (χ0) is 18.1. The molecule has 1 unspecified atom stereocenters. The molecule has 134 valence electrons. The van der Waals surface area contributed by atoms with Crippen LogP contribution in [0.5, 0.6) is 0 Å². The number of anilines is 2. The number of benzene rings is 1. The Hall–Kier alpha value is -1.57. The number of carbonyl (C=O) groups excluding carboxylic acids is 1. The van der Waals surface area contributed by atoms with E-state index >= 15 is 0 Å². The van der Waals surface area contributed by atoms with Crippen LogP contribution in [0.4, 0.5) is 25.0 Å². The van der Waals surface area contributed by atoms with Gasteiger partial charge in [0.2, 0.25) is 5.92 Å². The van der Waals surface area contributed by atoms with Gasteiger partial charge >= 0.3 is 6.09 Å². The molecule has 1 amide bonds. The average molecular weight is 406 g/mol. The molecule has 1 aliphatic rings. The third-order valence-electron chi connectivity index (χ3n) is 3.29. The van der Waals surface area contributed by atoms with Crippen LogP contribution in [0.15, 0.2) is 22.7 Å².